The topological polar surface area (TPSA) is 64.7 Å². The first kappa shape index (κ1) is 25.3. The third-order valence-electron chi connectivity index (χ3n) is 6.61. The fourth-order valence-corrected chi connectivity index (χ4v) is 5.18. The number of carbonyl (C=O) groups excluding carboxylic acids is 2. The molecule has 7 heteroatoms. The van der Waals surface area contributed by atoms with Gasteiger partial charge >= 0.3 is 0 Å². The summed E-state index contributed by atoms with van der Waals surface area (Å²) in [7, 11) is 4.04. The summed E-state index contributed by atoms with van der Waals surface area (Å²) in [5, 5.41) is 7.28. The Morgan fingerprint density at radius 2 is 1.86 bits per heavy atom. The Bertz CT molecular complexity index is 1120. The zero-order chi connectivity index (χ0) is 25.2. The average molecular weight is 495 g/mol. The van der Waals surface area contributed by atoms with Gasteiger partial charge in [0.05, 0.1) is 24.0 Å². The summed E-state index contributed by atoms with van der Waals surface area (Å²) in [5.41, 5.74) is 4.28. The van der Waals surface area contributed by atoms with Gasteiger partial charge in [-0.3, -0.25) is 9.59 Å². The van der Waals surface area contributed by atoms with Crippen LogP contribution in [-0.2, 0) is 9.59 Å². The summed E-state index contributed by atoms with van der Waals surface area (Å²) >= 11 is 6.21. The van der Waals surface area contributed by atoms with E-state index in [-0.39, 0.29) is 23.7 Å². The van der Waals surface area contributed by atoms with Gasteiger partial charge in [0.25, 0.3) is 0 Å². The molecule has 0 saturated heterocycles. The molecule has 35 heavy (non-hydrogen) atoms. The van der Waals surface area contributed by atoms with Crippen LogP contribution in [0, 0.1) is 5.41 Å². The second-order valence-electron chi connectivity index (χ2n) is 10.6. The number of nitrogens with one attached hydrogen (secondary N) is 2. The molecule has 0 fully saturated rings. The fraction of sp³-hybridized carbons (Fsp3) is 0.429. The van der Waals surface area contributed by atoms with E-state index >= 15 is 0 Å². The number of nitrogens with zero attached hydrogens (tertiary/aromatic N) is 2. The van der Waals surface area contributed by atoms with Gasteiger partial charge in [0.1, 0.15) is 0 Å². The van der Waals surface area contributed by atoms with E-state index in [1.54, 1.807) is 0 Å². The molecule has 186 valence electrons. The highest BCUT2D eigenvalue weighted by Crippen LogP contribution is 2.48. The molecule has 0 bridgehead atoms. The number of carbonyl (C=O) groups is 2. The van der Waals surface area contributed by atoms with Crippen LogP contribution in [0.2, 0.25) is 5.02 Å². The number of halogens is 1. The molecule has 1 atom stereocenters. The second kappa shape index (κ2) is 10.4. The molecule has 2 aliphatic rings. The largest absolute Gasteiger partial charge is 0.357 e. The number of hydrogen-bond donors (Lipinski definition) is 2. The molecule has 2 aromatic carbocycles. The molecule has 0 spiro atoms. The zero-order valence-corrected chi connectivity index (χ0v) is 21.8. The van der Waals surface area contributed by atoms with E-state index in [0.717, 1.165) is 47.6 Å². The van der Waals surface area contributed by atoms with Crippen molar-refractivity contribution in [1.82, 2.24) is 10.2 Å². The van der Waals surface area contributed by atoms with Crippen molar-refractivity contribution < 1.29 is 9.59 Å². The van der Waals surface area contributed by atoms with Crippen molar-refractivity contribution in [2.75, 3.05) is 43.9 Å². The molecule has 1 aliphatic carbocycles. The molecule has 1 amide bonds. The molecule has 0 radical (unpaired) electrons. The number of benzene rings is 2. The summed E-state index contributed by atoms with van der Waals surface area (Å²) in [6, 6.07) is 15.2. The average Bonchev–Trinajstić information content (AvgIpc) is 2.91. The number of para-hydroxylation sites is 2. The molecular formula is C28H35ClN4O2. The molecule has 0 saturated carbocycles. The summed E-state index contributed by atoms with van der Waals surface area (Å²) in [5.74, 6) is 0.0538. The lowest BCUT2D eigenvalue weighted by Gasteiger charge is -2.37. The number of allylic oxidation sites excluding steroid dienone is 1. The lowest BCUT2D eigenvalue weighted by Crippen LogP contribution is -2.42. The van der Waals surface area contributed by atoms with E-state index in [1.807, 2.05) is 62.6 Å². The molecule has 2 aromatic rings. The summed E-state index contributed by atoms with van der Waals surface area (Å²) in [6.07, 6.45) is 2.11. The number of amides is 1. The summed E-state index contributed by atoms with van der Waals surface area (Å²) < 4.78 is 0. The molecule has 6 nitrogen and oxygen atoms in total. The maximum atomic E-state index is 13.6. The first-order valence-corrected chi connectivity index (χ1v) is 12.6. The molecule has 1 heterocycles. The monoisotopic (exact) mass is 494 g/mol. The minimum atomic E-state index is -0.394. The molecular weight excluding hydrogens is 460 g/mol. The summed E-state index contributed by atoms with van der Waals surface area (Å²) in [6.45, 7) is 5.91. The lowest BCUT2D eigenvalue weighted by atomic mass is 9.73. The zero-order valence-electron chi connectivity index (χ0n) is 21.0. The Balaban J connectivity index is 1.77. The lowest BCUT2D eigenvalue weighted by molar-refractivity contribution is -0.120. The van der Waals surface area contributed by atoms with Crippen LogP contribution < -0.4 is 15.5 Å². The highest BCUT2D eigenvalue weighted by molar-refractivity contribution is 6.30. The molecule has 2 N–H and O–H groups in total. The number of hydrogen-bond acceptors (Lipinski definition) is 5. The minimum absolute atomic E-state index is 0.0647. The predicted molar refractivity (Wildman–Crippen MR) is 143 cm³/mol. The van der Waals surface area contributed by atoms with E-state index in [4.69, 9.17) is 11.6 Å². The van der Waals surface area contributed by atoms with Crippen LogP contribution in [0.5, 0.6) is 0 Å². The quantitative estimate of drug-likeness (QED) is 0.529. The smallest absolute Gasteiger partial charge is 0.239 e. The van der Waals surface area contributed by atoms with Gasteiger partial charge in [-0.15, -0.1) is 0 Å². The number of rotatable bonds is 7. The molecule has 0 aromatic heterocycles. The van der Waals surface area contributed by atoms with Crippen LogP contribution in [0.3, 0.4) is 0 Å². The van der Waals surface area contributed by atoms with Crippen molar-refractivity contribution in [3.05, 3.63) is 70.4 Å². The third-order valence-corrected chi connectivity index (χ3v) is 6.86. The van der Waals surface area contributed by atoms with Crippen molar-refractivity contribution >= 4 is 34.7 Å². The Morgan fingerprint density at radius 3 is 2.57 bits per heavy atom. The summed E-state index contributed by atoms with van der Waals surface area (Å²) in [4.78, 5) is 31.0. The first-order chi connectivity index (χ1) is 16.6. The van der Waals surface area contributed by atoms with Crippen LogP contribution in [-0.4, -0.2) is 50.3 Å². The Hall–Kier alpha value is -2.83. The van der Waals surface area contributed by atoms with Crippen LogP contribution in [0.25, 0.3) is 0 Å². The standard InChI is InChI=1S/C28H35ClN4O2/c1-28(2)16-22-26(24(34)17-28)27(19-10-12-20(29)13-11-19)33(23-9-6-5-8-21(23)31-22)18-25(35)30-14-7-15-32(3)4/h5-6,8-13,27,31H,7,14-18H2,1-4H3,(H,30,35)/t27-/m0/s1. The Kier molecular flexibility index (Phi) is 7.53. The molecule has 4 rings (SSSR count). The van der Waals surface area contributed by atoms with Gasteiger partial charge in [-0.2, -0.15) is 0 Å². The van der Waals surface area contributed by atoms with Crippen molar-refractivity contribution in [3.63, 3.8) is 0 Å². The SMILES string of the molecule is CN(C)CCCNC(=O)CN1c2ccccc2NC2=C(C(=O)CC(C)(C)C2)[C@@H]1c1ccc(Cl)cc1. The van der Waals surface area contributed by atoms with Gasteiger partial charge in [-0.05, 0) is 68.7 Å². The highest BCUT2D eigenvalue weighted by atomic mass is 35.5. The Labute approximate surface area is 213 Å². The van der Waals surface area contributed by atoms with Gasteiger partial charge < -0.3 is 20.4 Å². The highest BCUT2D eigenvalue weighted by Gasteiger charge is 2.41. The van der Waals surface area contributed by atoms with Gasteiger partial charge in [-0.1, -0.05) is 49.7 Å². The van der Waals surface area contributed by atoms with E-state index in [0.29, 0.717) is 18.0 Å². The Morgan fingerprint density at radius 1 is 1.14 bits per heavy atom. The second-order valence-corrected chi connectivity index (χ2v) is 11.0. The van der Waals surface area contributed by atoms with Gasteiger partial charge in [-0.25, -0.2) is 0 Å². The van der Waals surface area contributed by atoms with Gasteiger partial charge in [0.15, 0.2) is 5.78 Å². The minimum Gasteiger partial charge on any atom is -0.357 e. The maximum Gasteiger partial charge on any atom is 0.239 e. The van der Waals surface area contributed by atoms with E-state index in [9.17, 15) is 9.59 Å². The fourth-order valence-electron chi connectivity index (χ4n) is 5.05. The van der Waals surface area contributed by atoms with E-state index in [1.165, 1.54) is 0 Å². The number of anilines is 2. The number of ketones is 1. The van der Waals surface area contributed by atoms with Crippen LogP contribution >= 0.6 is 11.6 Å². The van der Waals surface area contributed by atoms with Crippen LogP contribution in [0.4, 0.5) is 11.4 Å². The van der Waals surface area contributed by atoms with E-state index < -0.39 is 6.04 Å². The number of Topliss-reactive ketones (excluding diaryl/α,β-unsaturated/α-hetero) is 1. The van der Waals surface area contributed by atoms with Crippen LogP contribution in [0.15, 0.2) is 59.8 Å². The van der Waals surface area contributed by atoms with Gasteiger partial charge in [0.2, 0.25) is 5.91 Å². The third kappa shape index (κ3) is 5.88. The van der Waals surface area contributed by atoms with E-state index in [2.05, 4.69) is 34.3 Å². The first-order valence-electron chi connectivity index (χ1n) is 12.2. The number of fused-ring (bicyclic) bond motifs is 1. The van der Waals surface area contributed by atoms with Gasteiger partial charge in [0, 0.05) is 29.3 Å². The van der Waals surface area contributed by atoms with Crippen molar-refractivity contribution in [2.24, 2.45) is 5.41 Å². The molecule has 1 aliphatic heterocycles. The van der Waals surface area contributed by atoms with Crippen molar-refractivity contribution in [3.8, 4) is 0 Å². The normalized spacial score (nSPS) is 19.1. The van der Waals surface area contributed by atoms with Crippen molar-refractivity contribution in [1.29, 1.82) is 0 Å². The predicted octanol–water partition coefficient (Wildman–Crippen LogP) is 5.02. The molecule has 0 unspecified atom stereocenters. The maximum absolute atomic E-state index is 13.6. The van der Waals surface area contributed by atoms with Crippen LogP contribution in [0.1, 0.15) is 44.7 Å². The van der Waals surface area contributed by atoms with Crippen molar-refractivity contribution in [2.45, 2.75) is 39.2 Å².